The minimum absolute atomic E-state index is 0. The summed E-state index contributed by atoms with van der Waals surface area (Å²) in [5.74, 6) is -1.60. The first-order valence-corrected chi connectivity index (χ1v) is 14.9. The van der Waals surface area contributed by atoms with Gasteiger partial charge in [-0.2, -0.15) is 0 Å². The topological polar surface area (TPSA) is 157 Å². The minimum atomic E-state index is -1.21. The zero-order valence-electron chi connectivity index (χ0n) is 27.3. The normalized spacial score (nSPS) is 12.1. The van der Waals surface area contributed by atoms with E-state index in [2.05, 4.69) is 36.6 Å². The van der Waals surface area contributed by atoms with Crippen molar-refractivity contribution in [2.24, 2.45) is 0 Å². The Morgan fingerprint density at radius 1 is 0.977 bits per heavy atom. The molecule has 2 aromatic rings. The first kappa shape index (κ1) is 43.8. The van der Waals surface area contributed by atoms with Gasteiger partial charge in [-0.1, -0.05) is 88.2 Å². The van der Waals surface area contributed by atoms with Crippen LogP contribution < -0.4 is 45.3 Å². The maximum atomic E-state index is 11.6. The number of hydrogen-bond acceptors (Lipinski definition) is 8. The molecule has 0 aliphatic carbocycles. The molecule has 2 unspecified atom stereocenters. The third-order valence-electron chi connectivity index (χ3n) is 5.70. The molecular weight excluding hydrogens is 575 g/mol. The molecule has 4 N–H and O–H groups in total. The van der Waals surface area contributed by atoms with Gasteiger partial charge in [0, 0.05) is 26.0 Å². The maximum Gasteiger partial charge on any atom is 1.00 e. The molecule has 0 radical (unpaired) electrons. The van der Waals surface area contributed by atoms with Gasteiger partial charge in [0.1, 0.15) is 12.9 Å². The van der Waals surface area contributed by atoms with Gasteiger partial charge in [0.25, 0.3) is 0 Å². The molecule has 44 heavy (non-hydrogen) atoms. The predicted molar refractivity (Wildman–Crippen MR) is 166 cm³/mol. The molecule has 0 fully saturated rings. The number of hydrogen-bond donors (Lipinski definition) is 4. The van der Waals surface area contributed by atoms with E-state index in [1.165, 1.54) is 13.3 Å². The van der Waals surface area contributed by atoms with Gasteiger partial charge in [-0.05, 0) is 42.9 Å². The van der Waals surface area contributed by atoms with Crippen LogP contribution in [-0.4, -0.2) is 72.8 Å². The largest absolute Gasteiger partial charge is 1.00 e. The summed E-state index contributed by atoms with van der Waals surface area (Å²) in [7, 11) is 0. The average Bonchev–Trinajstić information content (AvgIpc) is 2.97. The van der Waals surface area contributed by atoms with Crippen LogP contribution >= 0.6 is 0 Å². The van der Waals surface area contributed by atoms with E-state index in [-0.39, 0.29) is 67.6 Å². The number of carbonyl (C=O) groups is 3. The van der Waals surface area contributed by atoms with Crippen LogP contribution in [0.2, 0.25) is 0 Å². The Bertz CT molecular complexity index is 1010. The number of carboxylic acid groups (broad SMARTS) is 1. The van der Waals surface area contributed by atoms with E-state index in [4.69, 9.17) is 14.6 Å². The standard InChI is InChI=1S/C17H19NO2.C13H25NO6.C3H8.Na/c1-13(19)12-18-17(20)11-14-7-9-16(10-8-14)15-5-3-2-4-6-15;1-3-4-7-19-9-20-12(8-15)11(14-10(2)16)5-6-13(17)18;1-3-2;/h2-10,13,19H,11-12H2,1H3,(H,18,20);11-12,15H,3-9H2,1-2H3,(H,14,16)(H,17,18);3H2,1-2H3;/q;;;+1/p-1/t;11?,12-;;/m.0../s1. The van der Waals surface area contributed by atoms with Crippen molar-refractivity contribution >= 4 is 17.8 Å². The zero-order chi connectivity index (χ0) is 32.5. The van der Waals surface area contributed by atoms with Crippen LogP contribution in [0.3, 0.4) is 0 Å². The van der Waals surface area contributed by atoms with E-state index >= 15 is 0 Å². The van der Waals surface area contributed by atoms with Gasteiger partial charge in [0.15, 0.2) is 0 Å². The second-order valence-corrected chi connectivity index (χ2v) is 10.1. The van der Waals surface area contributed by atoms with Gasteiger partial charge >= 0.3 is 29.6 Å². The number of benzene rings is 2. The molecule has 11 heteroatoms. The van der Waals surface area contributed by atoms with Crippen molar-refractivity contribution in [2.75, 3.05) is 26.6 Å². The number of aliphatic carboxylic acids is 1. The summed E-state index contributed by atoms with van der Waals surface area (Å²) in [5, 5.41) is 34.1. The zero-order valence-corrected chi connectivity index (χ0v) is 29.3. The van der Waals surface area contributed by atoms with E-state index in [0.717, 1.165) is 29.5 Å². The van der Waals surface area contributed by atoms with E-state index in [1.807, 2.05) is 49.4 Å². The molecule has 242 valence electrons. The summed E-state index contributed by atoms with van der Waals surface area (Å²) in [6, 6.07) is 17.5. The fourth-order valence-electron chi connectivity index (χ4n) is 3.58. The molecule has 0 spiro atoms. The van der Waals surface area contributed by atoms with Gasteiger partial charge in [-0.15, -0.1) is 0 Å². The van der Waals surface area contributed by atoms with Crippen LogP contribution in [0.25, 0.3) is 11.1 Å². The molecule has 10 nitrogen and oxygen atoms in total. The fourth-order valence-corrected chi connectivity index (χ4v) is 3.58. The van der Waals surface area contributed by atoms with Gasteiger partial charge in [-0.3, -0.25) is 9.59 Å². The smallest absolute Gasteiger partial charge is 0.550 e. The third kappa shape index (κ3) is 23.1. The van der Waals surface area contributed by atoms with E-state index in [9.17, 15) is 24.6 Å². The molecule has 2 aromatic carbocycles. The van der Waals surface area contributed by atoms with Crippen LogP contribution in [0, 0.1) is 0 Å². The van der Waals surface area contributed by atoms with Gasteiger partial charge in [0.05, 0.1) is 25.2 Å². The van der Waals surface area contributed by atoms with Crippen molar-refractivity contribution in [3.63, 3.8) is 0 Å². The SMILES string of the molecule is CC(O)CNC(=O)Cc1ccc(-c2ccccc2)cc1.CCC.CCCCOCO[C@@H](CO)C(CCC(=O)[O-])NC(C)=O.[Na+]. The van der Waals surface area contributed by atoms with Crippen molar-refractivity contribution in [3.8, 4) is 11.1 Å². The molecule has 0 aliphatic rings. The summed E-state index contributed by atoms with van der Waals surface area (Å²) in [6.07, 6.45) is 2.18. The van der Waals surface area contributed by atoms with Gasteiger partial charge in [0.2, 0.25) is 11.8 Å². The number of carbonyl (C=O) groups excluding carboxylic acids is 3. The van der Waals surface area contributed by atoms with Crippen molar-refractivity contribution in [1.29, 1.82) is 0 Å². The molecule has 0 aromatic heterocycles. The maximum absolute atomic E-state index is 11.6. The first-order valence-electron chi connectivity index (χ1n) is 14.9. The Morgan fingerprint density at radius 2 is 1.57 bits per heavy atom. The molecule has 0 aliphatic heterocycles. The Hall–Kier alpha value is -2.31. The number of unbranched alkanes of at least 4 members (excludes halogenated alkanes) is 1. The van der Waals surface area contributed by atoms with Crippen molar-refractivity contribution in [2.45, 2.75) is 91.4 Å². The molecule has 0 bridgehead atoms. The van der Waals surface area contributed by atoms with Crippen LogP contribution in [0.4, 0.5) is 0 Å². The van der Waals surface area contributed by atoms with E-state index < -0.39 is 24.2 Å². The number of carboxylic acids is 1. The summed E-state index contributed by atoms with van der Waals surface area (Å²) < 4.78 is 10.5. The Kier molecular flexibility index (Phi) is 28.1. The molecule has 2 amide bonds. The first-order chi connectivity index (χ1) is 20.6. The molecular formula is C33H51N2NaO8. The van der Waals surface area contributed by atoms with Crippen LogP contribution in [-0.2, 0) is 30.3 Å². The van der Waals surface area contributed by atoms with Crippen LogP contribution in [0.15, 0.2) is 54.6 Å². The molecule has 3 atom stereocenters. The monoisotopic (exact) mass is 626 g/mol. The Balaban J connectivity index is 0. The summed E-state index contributed by atoms with van der Waals surface area (Å²) in [5.41, 5.74) is 3.27. The molecule has 0 saturated carbocycles. The van der Waals surface area contributed by atoms with Crippen molar-refractivity contribution < 1.29 is 68.7 Å². The summed E-state index contributed by atoms with van der Waals surface area (Å²) >= 11 is 0. The predicted octanol–water partition coefficient (Wildman–Crippen LogP) is -0.0137. The Labute approximate surface area is 285 Å². The van der Waals surface area contributed by atoms with Gasteiger partial charge in [-0.25, -0.2) is 0 Å². The molecule has 0 heterocycles. The third-order valence-corrected chi connectivity index (χ3v) is 5.70. The fraction of sp³-hybridized carbons (Fsp3) is 0.545. The number of rotatable bonds is 17. The second-order valence-electron chi connectivity index (χ2n) is 10.1. The van der Waals surface area contributed by atoms with Crippen LogP contribution in [0.1, 0.15) is 72.3 Å². The minimum Gasteiger partial charge on any atom is -0.550 e. The number of aliphatic hydroxyl groups is 2. The second kappa shape index (κ2) is 28.2. The number of aliphatic hydroxyl groups excluding tert-OH is 2. The van der Waals surface area contributed by atoms with Crippen molar-refractivity contribution in [3.05, 3.63) is 60.2 Å². The van der Waals surface area contributed by atoms with Crippen LogP contribution in [0.5, 0.6) is 0 Å². The van der Waals surface area contributed by atoms with E-state index in [0.29, 0.717) is 19.6 Å². The number of nitrogens with one attached hydrogen (secondary N) is 2. The quantitative estimate of drug-likeness (QED) is 0.109. The van der Waals surface area contributed by atoms with Crippen molar-refractivity contribution in [1.82, 2.24) is 10.6 Å². The van der Waals surface area contributed by atoms with E-state index in [1.54, 1.807) is 6.92 Å². The number of amides is 2. The average molecular weight is 627 g/mol. The van der Waals surface area contributed by atoms with Gasteiger partial charge < -0.3 is 40.2 Å². The number of ether oxygens (including phenoxy) is 2. The molecule has 2 rings (SSSR count). The Morgan fingerprint density at radius 3 is 2.07 bits per heavy atom. The molecule has 0 saturated heterocycles. The summed E-state index contributed by atoms with van der Waals surface area (Å²) in [6.45, 7) is 9.75. The summed E-state index contributed by atoms with van der Waals surface area (Å²) in [4.78, 5) is 33.2.